The van der Waals surface area contributed by atoms with Crippen molar-refractivity contribution in [3.05, 3.63) is 64.1 Å². The van der Waals surface area contributed by atoms with Crippen LogP contribution in [0.2, 0.25) is 10.0 Å². The summed E-state index contributed by atoms with van der Waals surface area (Å²) < 4.78 is 1.16. The molecule has 2 unspecified atom stereocenters. The monoisotopic (exact) mass is 606 g/mol. The number of hydrogen-bond acceptors (Lipinski definition) is 9. The normalized spacial score (nSPS) is 12.3. The first kappa shape index (κ1) is 30.7. The van der Waals surface area contributed by atoms with E-state index in [9.17, 15) is 29.1 Å². The fourth-order valence-electron chi connectivity index (χ4n) is 3.47. The van der Waals surface area contributed by atoms with Crippen molar-refractivity contribution < 1.29 is 29.1 Å². The number of benzene rings is 2. The lowest BCUT2D eigenvalue weighted by Crippen LogP contribution is -2.44. The maximum Gasteiger partial charge on any atom is 0.304 e. The summed E-state index contributed by atoms with van der Waals surface area (Å²) in [4.78, 5) is 62.1. The number of rotatable bonds is 14. The Bertz CT molecular complexity index is 1380. The number of Topliss-reactive ketones (excluding diaryl/α,β-unsaturated/α-hetero) is 2. The van der Waals surface area contributed by atoms with E-state index in [0.717, 1.165) is 16.4 Å². The highest BCUT2D eigenvalue weighted by atomic mass is 35.5. The molecule has 2 amide bonds. The van der Waals surface area contributed by atoms with Gasteiger partial charge in [-0.1, -0.05) is 47.5 Å². The van der Waals surface area contributed by atoms with E-state index in [1.54, 1.807) is 48.5 Å². The van der Waals surface area contributed by atoms with Gasteiger partial charge in [0.1, 0.15) is 6.54 Å². The third-order valence-corrected chi connectivity index (χ3v) is 7.52. The highest BCUT2D eigenvalue weighted by Gasteiger charge is 2.29. The molecule has 0 aliphatic rings. The first-order chi connectivity index (χ1) is 19.0. The number of nitrogens with one attached hydrogen (secondary N) is 2. The van der Waals surface area contributed by atoms with E-state index in [4.69, 9.17) is 23.2 Å². The quantitative estimate of drug-likeness (QED) is 0.247. The van der Waals surface area contributed by atoms with Gasteiger partial charge in [-0.25, -0.2) is 4.68 Å². The van der Waals surface area contributed by atoms with Crippen molar-refractivity contribution >= 4 is 64.3 Å². The van der Waals surface area contributed by atoms with Crippen LogP contribution in [0.1, 0.15) is 30.1 Å². The molecule has 15 heteroatoms. The minimum absolute atomic E-state index is 0.182. The van der Waals surface area contributed by atoms with Crippen molar-refractivity contribution in [2.24, 2.45) is 5.92 Å². The number of halogens is 2. The van der Waals surface area contributed by atoms with Gasteiger partial charge in [0.05, 0.1) is 33.9 Å². The van der Waals surface area contributed by atoms with Gasteiger partial charge in [0.15, 0.2) is 11.6 Å². The highest BCUT2D eigenvalue weighted by Crippen LogP contribution is 2.37. The van der Waals surface area contributed by atoms with Crippen LogP contribution >= 0.6 is 35.0 Å². The number of nitrogens with zero attached hydrogens (tertiary/aromatic N) is 4. The molecule has 0 saturated heterocycles. The van der Waals surface area contributed by atoms with E-state index < -0.39 is 60.7 Å². The Hall–Kier alpha value is -3.81. The number of aliphatic carboxylic acids is 1. The van der Waals surface area contributed by atoms with Gasteiger partial charge in [-0.2, -0.15) is 0 Å². The summed E-state index contributed by atoms with van der Waals surface area (Å²) in [7, 11) is 0. The molecule has 3 N–H and O–H groups in total. The number of hydrogen-bond donors (Lipinski definition) is 3. The molecule has 2 atom stereocenters. The van der Waals surface area contributed by atoms with E-state index >= 15 is 0 Å². The number of tetrazole rings is 1. The van der Waals surface area contributed by atoms with Crippen LogP contribution in [0.5, 0.6) is 0 Å². The predicted octanol–water partition coefficient (Wildman–Crippen LogP) is 2.68. The molecule has 0 spiro atoms. The Labute approximate surface area is 242 Å². The van der Waals surface area contributed by atoms with E-state index in [0.29, 0.717) is 20.5 Å². The van der Waals surface area contributed by atoms with Gasteiger partial charge >= 0.3 is 5.97 Å². The number of carbonyl (C=O) groups is 5. The molecule has 12 nitrogen and oxygen atoms in total. The van der Waals surface area contributed by atoms with Crippen LogP contribution in [0.4, 0.5) is 0 Å². The van der Waals surface area contributed by atoms with E-state index in [2.05, 4.69) is 26.2 Å². The van der Waals surface area contributed by atoms with Crippen LogP contribution in [0.3, 0.4) is 0 Å². The van der Waals surface area contributed by atoms with Crippen LogP contribution in [0.25, 0.3) is 0 Å². The number of carboxylic acid groups (broad SMARTS) is 1. The van der Waals surface area contributed by atoms with Gasteiger partial charge in [0.25, 0.3) is 5.91 Å². The SMILES string of the molecule is CC(NC(=O)CNC(=O)c1ccccc1)C(=O)CC(CC(=O)O)C(=O)Cn1nnnc1Sc1c(Cl)cccc1Cl. The molecule has 1 aromatic heterocycles. The number of ketones is 2. The fraction of sp³-hybridized carbons (Fsp3) is 0.280. The zero-order valence-corrected chi connectivity index (χ0v) is 23.4. The lowest BCUT2D eigenvalue weighted by atomic mass is 9.92. The van der Waals surface area contributed by atoms with E-state index in [1.165, 1.54) is 6.92 Å². The van der Waals surface area contributed by atoms with Gasteiger partial charge in [0.2, 0.25) is 11.1 Å². The highest BCUT2D eigenvalue weighted by molar-refractivity contribution is 7.99. The smallest absolute Gasteiger partial charge is 0.304 e. The zero-order chi connectivity index (χ0) is 29.2. The summed E-state index contributed by atoms with van der Waals surface area (Å²) in [5.41, 5.74) is 0.369. The zero-order valence-electron chi connectivity index (χ0n) is 21.0. The lowest BCUT2D eigenvalue weighted by Gasteiger charge is -2.18. The average molecular weight is 607 g/mol. The van der Waals surface area contributed by atoms with Crippen molar-refractivity contribution in [1.82, 2.24) is 30.8 Å². The molecule has 40 heavy (non-hydrogen) atoms. The first-order valence-electron chi connectivity index (χ1n) is 11.8. The van der Waals surface area contributed by atoms with Crippen LogP contribution in [0.15, 0.2) is 58.6 Å². The van der Waals surface area contributed by atoms with Crippen LogP contribution < -0.4 is 10.6 Å². The molecule has 0 fully saturated rings. The van der Waals surface area contributed by atoms with Crippen LogP contribution in [-0.2, 0) is 25.7 Å². The molecule has 3 rings (SSSR count). The van der Waals surface area contributed by atoms with E-state index in [1.807, 2.05) is 0 Å². The van der Waals surface area contributed by atoms with Crippen molar-refractivity contribution in [1.29, 1.82) is 0 Å². The summed E-state index contributed by atoms with van der Waals surface area (Å²) in [6.07, 6.45) is -1.05. The Morgan fingerprint density at radius 1 is 0.975 bits per heavy atom. The van der Waals surface area contributed by atoms with Crippen molar-refractivity contribution in [2.45, 2.75) is 42.4 Å². The minimum atomic E-state index is -1.28. The molecule has 0 aliphatic heterocycles. The summed E-state index contributed by atoms with van der Waals surface area (Å²) in [5, 5.41) is 26.3. The molecule has 0 radical (unpaired) electrons. The third-order valence-electron chi connectivity index (χ3n) is 5.55. The molecule has 3 aromatic rings. The third kappa shape index (κ3) is 8.86. The molecule has 0 bridgehead atoms. The Balaban J connectivity index is 1.59. The first-order valence-corrected chi connectivity index (χ1v) is 13.4. The average Bonchev–Trinajstić information content (AvgIpc) is 3.35. The van der Waals surface area contributed by atoms with Gasteiger partial charge in [0, 0.05) is 17.9 Å². The summed E-state index contributed by atoms with van der Waals surface area (Å²) in [6.45, 7) is 0.623. The van der Waals surface area contributed by atoms with Crippen LogP contribution in [0, 0.1) is 5.92 Å². The van der Waals surface area contributed by atoms with Gasteiger partial charge in [-0.3, -0.25) is 24.0 Å². The number of carbonyl (C=O) groups excluding carboxylic acids is 4. The molecule has 2 aromatic carbocycles. The minimum Gasteiger partial charge on any atom is -0.481 e. The predicted molar refractivity (Wildman–Crippen MR) is 145 cm³/mol. The Morgan fingerprint density at radius 2 is 1.65 bits per heavy atom. The molecule has 1 heterocycles. The summed E-state index contributed by atoms with van der Waals surface area (Å²) in [5.74, 6) is -4.72. The summed E-state index contributed by atoms with van der Waals surface area (Å²) in [6, 6.07) is 12.2. The number of amides is 2. The largest absolute Gasteiger partial charge is 0.481 e. The maximum atomic E-state index is 13.0. The molecule has 0 saturated carbocycles. The number of carboxylic acids is 1. The maximum absolute atomic E-state index is 13.0. The molecule has 0 aliphatic carbocycles. The molecular weight excluding hydrogens is 583 g/mol. The standard InChI is InChI=1S/C25H24Cl2N6O6S/c1-14(29-21(36)12-28-24(39)15-6-3-2-4-7-15)19(34)10-16(11-22(37)38)20(35)13-33-25(30-31-32-33)40-23-17(26)8-5-9-18(23)27/h2-9,14,16H,10-13H2,1H3,(H,28,39)(H,29,36)(H,37,38). The van der Waals surface area contributed by atoms with Gasteiger partial charge in [-0.15, -0.1) is 5.10 Å². The topological polar surface area (TPSA) is 173 Å². The van der Waals surface area contributed by atoms with Crippen LogP contribution in [-0.4, -0.2) is 67.3 Å². The summed E-state index contributed by atoms with van der Waals surface area (Å²) >= 11 is 13.4. The Kier molecular flexibility index (Phi) is 11.2. The van der Waals surface area contributed by atoms with Gasteiger partial charge in [-0.05, 0) is 53.4 Å². The van der Waals surface area contributed by atoms with Crippen molar-refractivity contribution in [2.75, 3.05) is 6.54 Å². The van der Waals surface area contributed by atoms with Gasteiger partial charge < -0.3 is 15.7 Å². The van der Waals surface area contributed by atoms with Crippen molar-refractivity contribution in [3.8, 4) is 0 Å². The second-order valence-electron chi connectivity index (χ2n) is 8.54. The second kappa shape index (κ2) is 14.5. The number of aromatic nitrogens is 4. The van der Waals surface area contributed by atoms with E-state index in [-0.39, 0.29) is 11.7 Å². The molecule has 210 valence electrons. The lowest BCUT2D eigenvalue weighted by molar-refractivity contribution is -0.141. The second-order valence-corrected chi connectivity index (χ2v) is 10.3. The van der Waals surface area contributed by atoms with Crippen molar-refractivity contribution in [3.63, 3.8) is 0 Å². The Morgan fingerprint density at radius 3 is 2.30 bits per heavy atom. The molecular formula is C25H24Cl2N6O6S. The fourth-order valence-corrected chi connectivity index (χ4v) is 4.90.